The summed E-state index contributed by atoms with van der Waals surface area (Å²) in [6, 6.07) is 17.0. The van der Waals surface area contributed by atoms with Crippen molar-refractivity contribution in [1.29, 1.82) is 0 Å². The summed E-state index contributed by atoms with van der Waals surface area (Å²) in [7, 11) is 1.56. The maximum atomic E-state index is 13.4. The third-order valence-electron chi connectivity index (χ3n) is 4.40. The Morgan fingerprint density at radius 3 is 2.66 bits per heavy atom. The van der Waals surface area contributed by atoms with Crippen LogP contribution >= 0.6 is 11.6 Å². The van der Waals surface area contributed by atoms with Gasteiger partial charge in [0.2, 0.25) is 5.95 Å². The van der Waals surface area contributed by atoms with Gasteiger partial charge in [-0.3, -0.25) is 0 Å². The van der Waals surface area contributed by atoms with Crippen LogP contribution in [0.4, 0.5) is 10.3 Å². The zero-order chi connectivity index (χ0) is 20.4. The molecule has 0 fully saturated rings. The molecule has 0 radical (unpaired) electrons. The fourth-order valence-corrected chi connectivity index (χ4v) is 3.24. The van der Waals surface area contributed by atoms with Crippen molar-refractivity contribution >= 4 is 28.5 Å². The molecule has 29 heavy (non-hydrogen) atoms. The Morgan fingerprint density at radius 2 is 1.86 bits per heavy atom. The van der Waals surface area contributed by atoms with E-state index in [0.29, 0.717) is 33.3 Å². The first-order valence-corrected chi connectivity index (χ1v) is 9.20. The molecule has 4 rings (SSSR count). The first-order chi connectivity index (χ1) is 14.0. The van der Waals surface area contributed by atoms with E-state index >= 15 is 0 Å². The van der Waals surface area contributed by atoms with Gasteiger partial charge < -0.3 is 15.2 Å². The summed E-state index contributed by atoms with van der Waals surface area (Å²) < 4.78 is 24.7. The minimum absolute atomic E-state index is 0.160. The zero-order valence-electron chi connectivity index (χ0n) is 15.5. The normalized spacial score (nSPS) is 10.9. The second kappa shape index (κ2) is 7.93. The number of hydrogen-bond acceptors (Lipinski definition) is 5. The second-order valence-corrected chi connectivity index (χ2v) is 6.81. The van der Waals surface area contributed by atoms with E-state index in [-0.39, 0.29) is 18.4 Å². The van der Waals surface area contributed by atoms with Gasteiger partial charge in [-0.2, -0.15) is 0 Å². The van der Waals surface area contributed by atoms with Gasteiger partial charge in [0, 0.05) is 16.0 Å². The number of nitrogens with two attached hydrogens (primary N) is 1. The van der Waals surface area contributed by atoms with Gasteiger partial charge in [0.15, 0.2) is 11.5 Å². The molecule has 3 aromatic carbocycles. The van der Waals surface area contributed by atoms with Crippen molar-refractivity contribution in [2.75, 3.05) is 12.8 Å². The summed E-state index contributed by atoms with van der Waals surface area (Å²) in [5.74, 6) is 0.899. The highest BCUT2D eigenvalue weighted by atomic mass is 35.5. The molecule has 0 saturated heterocycles. The quantitative estimate of drug-likeness (QED) is 0.487. The molecule has 7 heteroatoms. The predicted octanol–water partition coefficient (Wildman–Crippen LogP) is 5.26. The number of anilines is 1. The van der Waals surface area contributed by atoms with Crippen LogP contribution in [0.1, 0.15) is 5.56 Å². The van der Waals surface area contributed by atoms with Crippen molar-refractivity contribution in [1.82, 2.24) is 9.97 Å². The minimum Gasteiger partial charge on any atom is -0.493 e. The van der Waals surface area contributed by atoms with Gasteiger partial charge in [-0.15, -0.1) is 0 Å². The second-order valence-electron chi connectivity index (χ2n) is 6.38. The van der Waals surface area contributed by atoms with Gasteiger partial charge in [-0.1, -0.05) is 23.7 Å². The van der Waals surface area contributed by atoms with Crippen LogP contribution in [0.2, 0.25) is 5.02 Å². The topological polar surface area (TPSA) is 70.3 Å². The number of fused-ring (bicyclic) bond motifs is 1. The molecular formula is C22H17ClFN3O2. The highest BCUT2D eigenvalue weighted by Gasteiger charge is 2.13. The number of rotatable bonds is 5. The average molecular weight is 410 g/mol. The van der Waals surface area contributed by atoms with Crippen LogP contribution in [0.25, 0.3) is 22.2 Å². The first-order valence-electron chi connectivity index (χ1n) is 8.82. The monoisotopic (exact) mass is 409 g/mol. The molecule has 0 unspecified atom stereocenters. The van der Waals surface area contributed by atoms with Gasteiger partial charge in [0.25, 0.3) is 0 Å². The van der Waals surface area contributed by atoms with Crippen molar-refractivity contribution in [3.63, 3.8) is 0 Å². The van der Waals surface area contributed by atoms with Gasteiger partial charge in [0.05, 0.1) is 18.3 Å². The molecule has 0 aliphatic rings. The molecule has 0 bridgehead atoms. The van der Waals surface area contributed by atoms with Crippen LogP contribution in [0.5, 0.6) is 11.5 Å². The summed E-state index contributed by atoms with van der Waals surface area (Å²) in [5, 5.41) is 1.34. The lowest BCUT2D eigenvalue weighted by molar-refractivity contribution is 0.284. The lowest BCUT2D eigenvalue weighted by Gasteiger charge is -2.13. The van der Waals surface area contributed by atoms with Crippen molar-refractivity contribution in [3.05, 3.63) is 77.1 Å². The predicted molar refractivity (Wildman–Crippen MR) is 112 cm³/mol. The first kappa shape index (κ1) is 19.0. The number of methoxy groups -OCH3 is 1. The number of halogens is 2. The summed E-state index contributed by atoms with van der Waals surface area (Å²) in [6.07, 6.45) is 0. The summed E-state index contributed by atoms with van der Waals surface area (Å²) in [5.41, 5.74) is 8.69. The smallest absolute Gasteiger partial charge is 0.221 e. The Bertz CT molecular complexity index is 1200. The summed E-state index contributed by atoms with van der Waals surface area (Å²) in [4.78, 5) is 8.66. The SMILES string of the molecule is COc1ccc(-c2nc(N)nc3ccc(Cl)cc23)cc1OCc1cccc(F)c1. The molecule has 5 nitrogen and oxygen atoms in total. The number of benzene rings is 3. The van der Waals surface area contributed by atoms with Crippen LogP contribution in [-0.4, -0.2) is 17.1 Å². The number of ether oxygens (including phenoxy) is 2. The molecule has 0 amide bonds. The molecule has 1 heterocycles. The molecule has 2 N–H and O–H groups in total. The minimum atomic E-state index is -0.313. The van der Waals surface area contributed by atoms with E-state index in [2.05, 4.69) is 9.97 Å². The highest BCUT2D eigenvalue weighted by Crippen LogP contribution is 2.35. The van der Waals surface area contributed by atoms with Crippen LogP contribution in [0, 0.1) is 5.82 Å². The Kier molecular flexibility index (Phi) is 5.18. The fourth-order valence-electron chi connectivity index (χ4n) is 3.06. The van der Waals surface area contributed by atoms with Crippen LogP contribution < -0.4 is 15.2 Å². The van der Waals surface area contributed by atoms with Crippen LogP contribution in [-0.2, 0) is 6.61 Å². The van der Waals surface area contributed by atoms with E-state index < -0.39 is 0 Å². The molecule has 0 aliphatic heterocycles. The summed E-state index contributed by atoms with van der Waals surface area (Å²) in [6.45, 7) is 0.191. The van der Waals surface area contributed by atoms with Gasteiger partial charge in [-0.05, 0) is 54.1 Å². The maximum absolute atomic E-state index is 13.4. The average Bonchev–Trinajstić information content (AvgIpc) is 2.72. The third kappa shape index (κ3) is 4.07. The fraction of sp³-hybridized carbons (Fsp3) is 0.0909. The van der Waals surface area contributed by atoms with Gasteiger partial charge in [-0.25, -0.2) is 14.4 Å². The van der Waals surface area contributed by atoms with Gasteiger partial charge >= 0.3 is 0 Å². The van der Waals surface area contributed by atoms with E-state index in [4.69, 9.17) is 26.8 Å². The van der Waals surface area contributed by atoms with Crippen molar-refractivity contribution in [2.45, 2.75) is 6.61 Å². The number of hydrogen-bond donors (Lipinski definition) is 1. The Morgan fingerprint density at radius 1 is 1.00 bits per heavy atom. The van der Waals surface area contributed by atoms with Crippen molar-refractivity contribution in [3.8, 4) is 22.8 Å². The Balaban J connectivity index is 1.75. The highest BCUT2D eigenvalue weighted by molar-refractivity contribution is 6.31. The molecule has 0 saturated carbocycles. The number of aromatic nitrogens is 2. The molecule has 0 aliphatic carbocycles. The number of nitrogen functional groups attached to an aromatic ring is 1. The summed E-state index contributed by atoms with van der Waals surface area (Å²) >= 11 is 6.17. The van der Waals surface area contributed by atoms with Crippen molar-refractivity contribution < 1.29 is 13.9 Å². The van der Waals surface area contributed by atoms with E-state index in [9.17, 15) is 4.39 Å². The third-order valence-corrected chi connectivity index (χ3v) is 4.63. The molecule has 1 aromatic heterocycles. The van der Waals surface area contributed by atoms with Crippen LogP contribution in [0.15, 0.2) is 60.7 Å². The van der Waals surface area contributed by atoms with E-state index in [1.54, 1.807) is 49.6 Å². The molecule has 146 valence electrons. The van der Waals surface area contributed by atoms with Crippen molar-refractivity contribution in [2.24, 2.45) is 0 Å². The largest absolute Gasteiger partial charge is 0.493 e. The zero-order valence-corrected chi connectivity index (χ0v) is 16.3. The lowest BCUT2D eigenvalue weighted by Crippen LogP contribution is -2.00. The molecular weight excluding hydrogens is 393 g/mol. The van der Waals surface area contributed by atoms with E-state index in [1.807, 2.05) is 6.07 Å². The Labute approximate surface area is 171 Å². The molecule has 4 aromatic rings. The lowest BCUT2D eigenvalue weighted by atomic mass is 10.1. The van der Waals surface area contributed by atoms with Crippen LogP contribution in [0.3, 0.4) is 0 Å². The maximum Gasteiger partial charge on any atom is 0.221 e. The molecule has 0 spiro atoms. The van der Waals surface area contributed by atoms with E-state index in [1.165, 1.54) is 12.1 Å². The molecule has 0 atom stereocenters. The number of nitrogens with zero attached hydrogens (tertiary/aromatic N) is 2. The standard InChI is InChI=1S/C22H17ClFN3O2/c1-28-19-8-5-14(10-20(19)29-12-13-3-2-4-16(24)9-13)21-17-11-15(23)6-7-18(17)26-22(25)27-21/h2-11H,12H2,1H3,(H2,25,26,27). The van der Waals surface area contributed by atoms with E-state index in [0.717, 1.165) is 10.9 Å². The van der Waals surface area contributed by atoms with Gasteiger partial charge in [0.1, 0.15) is 12.4 Å². The Hall–Kier alpha value is -3.38.